The molecule has 26 heavy (non-hydrogen) atoms. The largest absolute Gasteiger partial charge is 0.494 e. The Balaban J connectivity index is 1.59. The van der Waals surface area contributed by atoms with Gasteiger partial charge in [0, 0.05) is 24.5 Å². The fourth-order valence-corrected chi connectivity index (χ4v) is 3.85. The summed E-state index contributed by atoms with van der Waals surface area (Å²) in [6, 6.07) is 13.5. The number of benzene rings is 2. The van der Waals surface area contributed by atoms with Gasteiger partial charge in [-0.25, -0.2) is 8.42 Å². The molecule has 6 nitrogen and oxygen atoms in total. The molecule has 3 rings (SSSR count). The lowest BCUT2D eigenvalue weighted by Crippen LogP contribution is -2.18. The summed E-state index contributed by atoms with van der Waals surface area (Å²) in [5.74, 6) is 0.646. The number of sulfonamides is 1. The van der Waals surface area contributed by atoms with Gasteiger partial charge < -0.3 is 14.8 Å². The zero-order valence-corrected chi connectivity index (χ0v) is 15.6. The van der Waals surface area contributed by atoms with E-state index in [0.717, 1.165) is 31.7 Å². The van der Waals surface area contributed by atoms with E-state index in [1.807, 2.05) is 19.1 Å². The van der Waals surface area contributed by atoms with E-state index in [1.165, 1.54) is 12.1 Å². The van der Waals surface area contributed by atoms with Crippen LogP contribution in [0, 0.1) is 0 Å². The van der Waals surface area contributed by atoms with Crippen LogP contribution >= 0.6 is 0 Å². The van der Waals surface area contributed by atoms with Crippen molar-refractivity contribution in [3.8, 4) is 5.75 Å². The predicted molar refractivity (Wildman–Crippen MR) is 102 cm³/mol. The standard InChI is InChI=1S/C19H24N2O4S/c1-2-24-17-9-11-19(12-10-17)26(22,23)21-16-7-5-15(6-8-16)20-14-18-4-3-13-25-18/h5-12,18,20-21H,2-4,13-14H2,1H3. The van der Waals surface area contributed by atoms with Gasteiger partial charge in [-0.1, -0.05) is 0 Å². The summed E-state index contributed by atoms with van der Waals surface area (Å²) >= 11 is 0. The Labute approximate surface area is 154 Å². The van der Waals surface area contributed by atoms with Crippen LogP contribution in [-0.4, -0.2) is 34.3 Å². The molecule has 7 heteroatoms. The molecule has 140 valence electrons. The second-order valence-electron chi connectivity index (χ2n) is 6.10. The number of ether oxygens (including phenoxy) is 2. The number of anilines is 2. The maximum Gasteiger partial charge on any atom is 0.261 e. The summed E-state index contributed by atoms with van der Waals surface area (Å²) in [4.78, 5) is 0.196. The van der Waals surface area contributed by atoms with Crippen LogP contribution in [0.5, 0.6) is 5.75 Å². The van der Waals surface area contributed by atoms with Gasteiger partial charge >= 0.3 is 0 Å². The molecule has 0 aliphatic carbocycles. The van der Waals surface area contributed by atoms with Crippen LogP contribution in [0.25, 0.3) is 0 Å². The van der Waals surface area contributed by atoms with Gasteiger partial charge in [0.25, 0.3) is 10.0 Å². The van der Waals surface area contributed by atoms with E-state index >= 15 is 0 Å². The average Bonchev–Trinajstić information content (AvgIpc) is 3.15. The van der Waals surface area contributed by atoms with Crippen molar-refractivity contribution in [3.05, 3.63) is 48.5 Å². The highest BCUT2D eigenvalue weighted by molar-refractivity contribution is 7.92. The minimum atomic E-state index is -3.63. The molecule has 2 aromatic rings. The van der Waals surface area contributed by atoms with Crippen LogP contribution in [0.2, 0.25) is 0 Å². The predicted octanol–water partition coefficient (Wildman–Crippen LogP) is 3.48. The van der Waals surface area contributed by atoms with Crippen LogP contribution in [0.1, 0.15) is 19.8 Å². The first-order valence-corrected chi connectivity index (χ1v) is 10.3. The summed E-state index contributed by atoms with van der Waals surface area (Å²) in [5.41, 5.74) is 1.45. The van der Waals surface area contributed by atoms with Gasteiger partial charge in [-0.2, -0.15) is 0 Å². The molecule has 0 amide bonds. The van der Waals surface area contributed by atoms with E-state index in [4.69, 9.17) is 9.47 Å². The maximum absolute atomic E-state index is 12.5. The highest BCUT2D eigenvalue weighted by Crippen LogP contribution is 2.21. The van der Waals surface area contributed by atoms with Crippen molar-refractivity contribution in [1.82, 2.24) is 0 Å². The van der Waals surface area contributed by atoms with E-state index in [1.54, 1.807) is 24.3 Å². The molecular weight excluding hydrogens is 352 g/mol. The molecule has 1 unspecified atom stereocenters. The lowest BCUT2D eigenvalue weighted by molar-refractivity contribution is 0.120. The van der Waals surface area contributed by atoms with Crippen LogP contribution in [0.15, 0.2) is 53.4 Å². The van der Waals surface area contributed by atoms with E-state index < -0.39 is 10.0 Å². The highest BCUT2D eigenvalue weighted by atomic mass is 32.2. The molecular formula is C19H24N2O4S. The van der Waals surface area contributed by atoms with Crippen molar-refractivity contribution in [3.63, 3.8) is 0 Å². The van der Waals surface area contributed by atoms with Crippen molar-refractivity contribution in [1.29, 1.82) is 0 Å². The fourth-order valence-electron chi connectivity index (χ4n) is 2.79. The minimum Gasteiger partial charge on any atom is -0.494 e. The molecule has 1 atom stereocenters. The quantitative estimate of drug-likeness (QED) is 0.738. The van der Waals surface area contributed by atoms with Gasteiger partial charge in [-0.3, -0.25) is 4.72 Å². The molecule has 1 fully saturated rings. The Bertz CT molecular complexity index is 798. The summed E-state index contributed by atoms with van der Waals surface area (Å²) in [7, 11) is -3.63. The van der Waals surface area contributed by atoms with Crippen LogP contribution in [0.4, 0.5) is 11.4 Å². The lowest BCUT2D eigenvalue weighted by atomic mass is 10.2. The Morgan fingerprint density at radius 1 is 1.08 bits per heavy atom. The van der Waals surface area contributed by atoms with Gasteiger partial charge in [-0.15, -0.1) is 0 Å². The lowest BCUT2D eigenvalue weighted by Gasteiger charge is -2.13. The molecule has 1 saturated heterocycles. The van der Waals surface area contributed by atoms with Crippen molar-refractivity contribution < 1.29 is 17.9 Å². The van der Waals surface area contributed by atoms with Crippen LogP contribution in [-0.2, 0) is 14.8 Å². The summed E-state index contributed by atoms with van der Waals surface area (Å²) < 4.78 is 38.4. The Hall–Kier alpha value is -2.25. The monoisotopic (exact) mass is 376 g/mol. The third kappa shape index (κ3) is 4.89. The fraction of sp³-hybridized carbons (Fsp3) is 0.368. The first kappa shape index (κ1) is 18.5. The van der Waals surface area contributed by atoms with Crippen LogP contribution in [0.3, 0.4) is 0 Å². The molecule has 0 aromatic heterocycles. The zero-order chi connectivity index (χ0) is 18.4. The third-order valence-corrected chi connectivity index (χ3v) is 5.54. The number of rotatable bonds is 8. The number of hydrogen-bond acceptors (Lipinski definition) is 5. The summed E-state index contributed by atoms with van der Waals surface area (Å²) in [6.07, 6.45) is 2.44. The van der Waals surface area contributed by atoms with Crippen molar-refractivity contribution in [2.45, 2.75) is 30.8 Å². The molecule has 1 aliphatic rings. The number of hydrogen-bond donors (Lipinski definition) is 2. The maximum atomic E-state index is 12.5. The van der Waals surface area contributed by atoms with E-state index in [2.05, 4.69) is 10.0 Å². The van der Waals surface area contributed by atoms with E-state index in [0.29, 0.717) is 18.0 Å². The molecule has 0 radical (unpaired) electrons. The van der Waals surface area contributed by atoms with Gasteiger partial charge in [-0.05, 0) is 68.3 Å². The minimum absolute atomic E-state index is 0.196. The van der Waals surface area contributed by atoms with Crippen molar-refractivity contribution in [2.24, 2.45) is 0 Å². The molecule has 2 N–H and O–H groups in total. The number of nitrogens with one attached hydrogen (secondary N) is 2. The second-order valence-corrected chi connectivity index (χ2v) is 7.79. The molecule has 0 spiro atoms. The highest BCUT2D eigenvalue weighted by Gasteiger charge is 2.16. The van der Waals surface area contributed by atoms with E-state index in [-0.39, 0.29) is 11.0 Å². The Kier molecular flexibility index (Phi) is 6.00. The van der Waals surface area contributed by atoms with Crippen LogP contribution < -0.4 is 14.8 Å². The molecule has 2 aromatic carbocycles. The summed E-state index contributed by atoms with van der Waals surface area (Å²) in [6.45, 7) is 4.01. The second kappa shape index (κ2) is 8.42. The third-order valence-electron chi connectivity index (χ3n) is 4.14. The molecule has 0 bridgehead atoms. The Morgan fingerprint density at radius 3 is 2.38 bits per heavy atom. The van der Waals surface area contributed by atoms with Gasteiger partial charge in [0.1, 0.15) is 5.75 Å². The SMILES string of the molecule is CCOc1ccc(S(=O)(=O)Nc2ccc(NCC3CCCO3)cc2)cc1. The molecule has 1 heterocycles. The first-order valence-electron chi connectivity index (χ1n) is 8.78. The topological polar surface area (TPSA) is 76.7 Å². The Morgan fingerprint density at radius 2 is 1.77 bits per heavy atom. The van der Waals surface area contributed by atoms with E-state index in [9.17, 15) is 8.42 Å². The van der Waals surface area contributed by atoms with Crippen molar-refractivity contribution in [2.75, 3.05) is 29.8 Å². The zero-order valence-electron chi connectivity index (χ0n) is 14.8. The smallest absolute Gasteiger partial charge is 0.261 e. The molecule has 1 aliphatic heterocycles. The summed E-state index contributed by atoms with van der Waals surface area (Å²) in [5, 5.41) is 3.31. The van der Waals surface area contributed by atoms with Gasteiger partial charge in [0.2, 0.25) is 0 Å². The normalized spacial score (nSPS) is 17.0. The average molecular weight is 376 g/mol. The first-order chi connectivity index (χ1) is 12.6. The van der Waals surface area contributed by atoms with Gasteiger partial charge in [0.05, 0.1) is 17.6 Å². The van der Waals surface area contributed by atoms with Gasteiger partial charge in [0.15, 0.2) is 0 Å². The van der Waals surface area contributed by atoms with Crippen molar-refractivity contribution >= 4 is 21.4 Å². The molecule has 0 saturated carbocycles.